The lowest BCUT2D eigenvalue weighted by Gasteiger charge is -2.09. The minimum absolute atomic E-state index is 0.0244. The largest absolute Gasteiger partial charge is 0.456 e. The lowest BCUT2D eigenvalue weighted by Crippen LogP contribution is -2.31. The van der Waals surface area contributed by atoms with Gasteiger partial charge in [-0.3, -0.25) is 9.59 Å². The van der Waals surface area contributed by atoms with Gasteiger partial charge in [-0.25, -0.2) is 0 Å². The Labute approximate surface area is 134 Å². The van der Waals surface area contributed by atoms with Crippen LogP contribution in [0.3, 0.4) is 0 Å². The van der Waals surface area contributed by atoms with Gasteiger partial charge in [0.15, 0.2) is 5.78 Å². The molecule has 2 aromatic carbocycles. The predicted octanol–water partition coefficient (Wildman–Crippen LogP) is 3.69. The van der Waals surface area contributed by atoms with Crippen LogP contribution >= 0.6 is 0 Å². The van der Waals surface area contributed by atoms with E-state index in [2.05, 4.69) is 0 Å². The van der Waals surface area contributed by atoms with E-state index in [0.717, 1.165) is 33.1 Å². The molecule has 0 saturated heterocycles. The number of aryl methyl sites for hydroxylation is 2. The Morgan fingerprint density at radius 1 is 1.09 bits per heavy atom. The van der Waals surface area contributed by atoms with Crippen LogP contribution in [0.1, 0.15) is 34.8 Å². The highest BCUT2D eigenvalue weighted by molar-refractivity contribution is 6.10. The predicted molar refractivity (Wildman–Crippen MR) is 90.8 cm³/mol. The zero-order chi connectivity index (χ0) is 16.7. The summed E-state index contributed by atoms with van der Waals surface area (Å²) in [5.41, 5.74) is 9.83. The number of carbonyl (C=O) groups excluding carboxylic acids is 2. The fourth-order valence-corrected chi connectivity index (χ4v) is 2.79. The zero-order valence-electron chi connectivity index (χ0n) is 13.5. The fraction of sp³-hybridized carbons (Fsp3) is 0.263. The van der Waals surface area contributed by atoms with Crippen molar-refractivity contribution in [2.45, 2.75) is 33.2 Å². The first-order valence-electron chi connectivity index (χ1n) is 7.59. The summed E-state index contributed by atoms with van der Waals surface area (Å²) in [7, 11) is 0. The summed E-state index contributed by atoms with van der Waals surface area (Å²) >= 11 is 0. The van der Waals surface area contributed by atoms with E-state index in [0.29, 0.717) is 5.56 Å². The van der Waals surface area contributed by atoms with Crippen LogP contribution in [-0.2, 0) is 4.79 Å². The van der Waals surface area contributed by atoms with Crippen LogP contribution in [0.2, 0.25) is 0 Å². The highest BCUT2D eigenvalue weighted by Gasteiger charge is 2.19. The van der Waals surface area contributed by atoms with Gasteiger partial charge in [0.2, 0.25) is 0 Å². The van der Waals surface area contributed by atoms with Crippen LogP contribution in [-0.4, -0.2) is 17.6 Å². The van der Waals surface area contributed by atoms with Gasteiger partial charge in [-0.05, 0) is 50.1 Å². The van der Waals surface area contributed by atoms with Crippen molar-refractivity contribution in [3.8, 4) is 0 Å². The van der Waals surface area contributed by atoms with E-state index in [4.69, 9.17) is 10.2 Å². The summed E-state index contributed by atoms with van der Waals surface area (Å²) in [4.78, 5) is 23.8. The summed E-state index contributed by atoms with van der Waals surface area (Å²) in [6.07, 6.45) is 0.0244. The molecule has 2 N–H and O–H groups in total. The summed E-state index contributed by atoms with van der Waals surface area (Å²) in [6.45, 7) is 5.28. The average Bonchev–Trinajstić information content (AvgIpc) is 2.81. The highest BCUT2D eigenvalue weighted by atomic mass is 16.3. The van der Waals surface area contributed by atoms with Crippen LogP contribution in [0, 0.1) is 13.8 Å². The molecule has 1 unspecified atom stereocenters. The fourth-order valence-electron chi connectivity index (χ4n) is 2.79. The second kappa shape index (κ2) is 5.63. The van der Waals surface area contributed by atoms with Crippen LogP contribution in [0.25, 0.3) is 21.9 Å². The molecule has 4 heteroatoms. The van der Waals surface area contributed by atoms with Gasteiger partial charge in [-0.15, -0.1) is 0 Å². The molecule has 0 aliphatic heterocycles. The Morgan fingerprint density at radius 3 is 2.48 bits per heavy atom. The minimum Gasteiger partial charge on any atom is -0.456 e. The van der Waals surface area contributed by atoms with Crippen LogP contribution in [0.5, 0.6) is 0 Å². The second-order valence-electron chi connectivity index (χ2n) is 6.11. The maximum atomic E-state index is 12.5. The van der Waals surface area contributed by atoms with Crippen molar-refractivity contribution >= 4 is 33.5 Å². The third-order valence-corrected chi connectivity index (χ3v) is 4.20. The van der Waals surface area contributed by atoms with Crippen molar-refractivity contribution in [2.75, 3.05) is 0 Å². The minimum atomic E-state index is -0.749. The number of benzene rings is 2. The first kappa shape index (κ1) is 15.4. The van der Waals surface area contributed by atoms with Crippen molar-refractivity contribution in [3.63, 3.8) is 0 Å². The van der Waals surface area contributed by atoms with Gasteiger partial charge in [0.25, 0.3) is 0 Å². The number of nitrogens with two attached hydrogens (primary N) is 1. The van der Waals surface area contributed by atoms with Crippen LogP contribution in [0.4, 0.5) is 0 Å². The standard InChI is InChI=1S/C19H19NO3/c1-10-4-5-13-15-8-14(17(22)9-16(20)12(3)21)11(2)7-19(15)23-18(13)6-10/h4-8,16H,9,20H2,1-3H3. The topological polar surface area (TPSA) is 73.3 Å². The highest BCUT2D eigenvalue weighted by Crippen LogP contribution is 2.31. The normalized spacial score (nSPS) is 12.7. The first-order valence-corrected chi connectivity index (χ1v) is 7.59. The van der Waals surface area contributed by atoms with Gasteiger partial charge in [-0.1, -0.05) is 12.1 Å². The van der Waals surface area contributed by atoms with Crippen molar-refractivity contribution in [2.24, 2.45) is 5.73 Å². The van der Waals surface area contributed by atoms with E-state index in [-0.39, 0.29) is 18.0 Å². The number of furan rings is 1. The number of Topliss-reactive ketones (excluding diaryl/α,β-unsaturated/α-hetero) is 2. The second-order valence-corrected chi connectivity index (χ2v) is 6.11. The molecule has 0 radical (unpaired) electrons. The van der Waals surface area contributed by atoms with Gasteiger partial charge in [0.05, 0.1) is 6.04 Å². The Balaban J connectivity index is 2.11. The quantitative estimate of drug-likeness (QED) is 0.746. The number of hydrogen-bond acceptors (Lipinski definition) is 4. The van der Waals surface area contributed by atoms with Crippen molar-refractivity contribution < 1.29 is 14.0 Å². The molecule has 1 heterocycles. The molecule has 23 heavy (non-hydrogen) atoms. The van der Waals surface area contributed by atoms with Gasteiger partial charge in [0.1, 0.15) is 16.9 Å². The van der Waals surface area contributed by atoms with E-state index in [1.807, 2.05) is 44.2 Å². The van der Waals surface area contributed by atoms with Gasteiger partial charge in [0, 0.05) is 22.8 Å². The first-order chi connectivity index (χ1) is 10.9. The molecule has 0 bridgehead atoms. The molecule has 1 aromatic heterocycles. The Hall–Kier alpha value is -2.46. The lowest BCUT2D eigenvalue weighted by atomic mass is 9.96. The van der Waals surface area contributed by atoms with Crippen molar-refractivity contribution in [3.05, 3.63) is 47.0 Å². The summed E-state index contributed by atoms with van der Waals surface area (Å²) in [5.74, 6) is -0.296. The molecule has 0 saturated carbocycles. The monoisotopic (exact) mass is 309 g/mol. The molecule has 3 aromatic rings. The third kappa shape index (κ3) is 2.78. The Kier molecular flexibility index (Phi) is 3.78. The number of fused-ring (bicyclic) bond motifs is 3. The molecule has 1 atom stereocenters. The summed E-state index contributed by atoms with van der Waals surface area (Å²) in [6, 6.07) is 8.98. The van der Waals surface area contributed by atoms with Gasteiger partial charge < -0.3 is 10.2 Å². The van der Waals surface area contributed by atoms with Crippen LogP contribution in [0.15, 0.2) is 34.7 Å². The molecule has 0 amide bonds. The maximum Gasteiger partial charge on any atom is 0.165 e. The molecule has 0 fully saturated rings. The number of rotatable bonds is 4. The Morgan fingerprint density at radius 2 is 1.78 bits per heavy atom. The van der Waals surface area contributed by atoms with E-state index in [9.17, 15) is 9.59 Å². The van der Waals surface area contributed by atoms with Gasteiger partial charge in [-0.2, -0.15) is 0 Å². The Bertz CT molecular complexity index is 937. The number of ketones is 2. The molecule has 0 aliphatic rings. The van der Waals surface area contributed by atoms with Gasteiger partial charge >= 0.3 is 0 Å². The summed E-state index contributed by atoms with van der Waals surface area (Å²) < 4.78 is 5.88. The third-order valence-electron chi connectivity index (χ3n) is 4.20. The molecule has 3 rings (SSSR count). The SMILES string of the molecule is CC(=O)C(N)CC(=O)c1cc2c(cc1C)oc1cc(C)ccc12. The molecule has 118 valence electrons. The van der Waals surface area contributed by atoms with E-state index < -0.39 is 6.04 Å². The van der Waals surface area contributed by atoms with Crippen molar-refractivity contribution in [1.82, 2.24) is 0 Å². The molecule has 4 nitrogen and oxygen atoms in total. The van der Waals surface area contributed by atoms with Crippen molar-refractivity contribution in [1.29, 1.82) is 0 Å². The average molecular weight is 309 g/mol. The zero-order valence-corrected chi connectivity index (χ0v) is 13.5. The van der Waals surface area contributed by atoms with E-state index in [1.165, 1.54) is 6.92 Å². The molecule has 0 aliphatic carbocycles. The number of carbonyl (C=O) groups is 2. The molecule has 0 spiro atoms. The maximum absolute atomic E-state index is 12.5. The van der Waals surface area contributed by atoms with Crippen LogP contribution < -0.4 is 5.73 Å². The lowest BCUT2D eigenvalue weighted by molar-refractivity contribution is -0.118. The van der Waals surface area contributed by atoms with E-state index >= 15 is 0 Å². The smallest absolute Gasteiger partial charge is 0.165 e. The molecular formula is C19H19NO3. The summed E-state index contributed by atoms with van der Waals surface area (Å²) in [5, 5.41) is 1.89. The van der Waals surface area contributed by atoms with E-state index in [1.54, 1.807) is 0 Å². The molecular weight excluding hydrogens is 290 g/mol. The number of hydrogen-bond donors (Lipinski definition) is 1.